The van der Waals surface area contributed by atoms with Crippen molar-refractivity contribution in [2.75, 3.05) is 17.6 Å². The van der Waals surface area contributed by atoms with Crippen LogP contribution in [-0.4, -0.2) is 43.8 Å². The maximum Gasteiger partial charge on any atom is 0.255 e. The van der Waals surface area contributed by atoms with Crippen LogP contribution in [0.3, 0.4) is 0 Å². The van der Waals surface area contributed by atoms with Crippen molar-refractivity contribution < 1.29 is 9.59 Å². The number of thioether (sulfide) groups is 1. The highest BCUT2D eigenvalue weighted by molar-refractivity contribution is 7.99. The molecule has 0 bridgehead atoms. The SMILES string of the molecule is CCc1ccc(NC(=O)CSc2nnc(C3CCCN3C(=O)c3ccccc3Cl)n2CC)cc1. The van der Waals surface area contributed by atoms with Crippen molar-refractivity contribution in [3.63, 3.8) is 0 Å². The largest absolute Gasteiger partial charge is 0.328 e. The molecule has 9 heteroatoms. The summed E-state index contributed by atoms with van der Waals surface area (Å²) in [7, 11) is 0. The van der Waals surface area contributed by atoms with Crippen LogP contribution in [0.4, 0.5) is 5.69 Å². The zero-order valence-corrected chi connectivity index (χ0v) is 20.9. The summed E-state index contributed by atoms with van der Waals surface area (Å²) in [5.41, 5.74) is 2.50. The normalized spacial score (nSPS) is 15.5. The van der Waals surface area contributed by atoms with E-state index < -0.39 is 0 Å². The molecule has 1 saturated heterocycles. The molecule has 1 fully saturated rings. The summed E-state index contributed by atoms with van der Waals surface area (Å²) < 4.78 is 2.00. The van der Waals surface area contributed by atoms with Crippen molar-refractivity contribution in [3.8, 4) is 0 Å². The van der Waals surface area contributed by atoms with Crippen molar-refractivity contribution in [2.45, 2.75) is 50.9 Å². The molecule has 2 heterocycles. The summed E-state index contributed by atoms with van der Waals surface area (Å²) >= 11 is 7.62. The number of hydrogen-bond acceptors (Lipinski definition) is 5. The van der Waals surface area contributed by atoms with Gasteiger partial charge < -0.3 is 14.8 Å². The lowest BCUT2D eigenvalue weighted by atomic mass is 10.1. The Kier molecular flexibility index (Phi) is 7.90. The molecule has 34 heavy (non-hydrogen) atoms. The summed E-state index contributed by atoms with van der Waals surface area (Å²) in [6, 6.07) is 14.8. The topological polar surface area (TPSA) is 80.1 Å². The lowest BCUT2D eigenvalue weighted by Crippen LogP contribution is -2.32. The number of nitrogens with zero attached hydrogens (tertiary/aromatic N) is 4. The van der Waals surface area contributed by atoms with E-state index in [1.54, 1.807) is 12.1 Å². The summed E-state index contributed by atoms with van der Waals surface area (Å²) in [6.07, 6.45) is 2.66. The summed E-state index contributed by atoms with van der Waals surface area (Å²) in [4.78, 5) is 27.5. The number of likely N-dealkylation sites (tertiary alicyclic amines) is 1. The third-order valence-corrected chi connectivity index (χ3v) is 7.25. The van der Waals surface area contributed by atoms with Gasteiger partial charge in [0.05, 0.1) is 22.4 Å². The summed E-state index contributed by atoms with van der Waals surface area (Å²) in [5.74, 6) is 0.776. The molecule has 7 nitrogen and oxygen atoms in total. The van der Waals surface area contributed by atoms with Crippen molar-refractivity contribution in [2.24, 2.45) is 0 Å². The Bertz CT molecular complexity index is 1160. The first-order chi connectivity index (χ1) is 16.5. The molecule has 1 atom stereocenters. The molecule has 2 amide bonds. The Morgan fingerprint density at radius 3 is 2.59 bits per heavy atom. The number of aryl methyl sites for hydroxylation is 1. The highest BCUT2D eigenvalue weighted by Crippen LogP contribution is 2.34. The van der Waals surface area contributed by atoms with E-state index in [0.29, 0.717) is 28.8 Å². The molecule has 1 aromatic heterocycles. The zero-order chi connectivity index (χ0) is 24.1. The average Bonchev–Trinajstić information content (AvgIpc) is 3.49. The van der Waals surface area contributed by atoms with Gasteiger partial charge in [0, 0.05) is 18.8 Å². The van der Waals surface area contributed by atoms with Crippen LogP contribution in [0.2, 0.25) is 5.02 Å². The third kappa shape index (κ3) is 5.28. The molecule has 2 aromatic carbocycles. The Hall–Kier alpha value is -2.84. The summed E-state index contributed by atoms with van der Waals surface area (Å²) in [6.45, 7) is 5.41. The van der Waals surface area contributed by atoms with Gasteiger partial charge in [-0.3, -0.25) is 9.59 Å². The Morgan fingerprint density at radius 2 is 1.88 bits per heavy atom. The predicted molar refractivity (Wildman–Crippen MR) is 135 cm³/mol. The van der Waals surface area contributed by atoms with E-state index in [9.17, 15) is 9.59 Å². The number of halogens is 1. The Labute approximate surface area is 208 Å². The van der Waals surface area contributed by atoms with E-state index in [1.807, 2.05) is 52.8 Å². The van der Waals surface area contributed by atoms with E-state index in [0.717, 1.165) is 30.8 Å². The number of aromatic nitrogens is 3. The average molecular weight is 498 g/mol. The molecule has 1 aliphatic heterocycles. The van der Waals surface area contributed by atoms with Gasteiger partial charge in [-0.25, -0.2) is 0 Å². The molecule has 1 unspecified atom stereocenters. The van der Waals surface area contributed by atoms with E-state index >= 15 is 0 Å². The number of carbonyl (C=O) groups excluding carboxylic acids is 2. The predicted octanol–water partition coefficient (Wildman–Crippen LogP) is 5.22. The molecule has 178 valence electrons. The van der Waals surface area contributed by atoms with Gasteiger partial charge in [0.15, 0.2) is 11.0 Å². The molecule has 0 saturated carbocycles. The highest BCUT2D eigenvalue weighted by Gasteiger charge is 2.35. The van der Waals surface area contributed by atoms with Gasteiger partial charge in [-0.05, 0) is 56.0 Å². The van der Waals surface area contributed by atoms with Crippen LogP contribution in [0.1, 0.15) is 54.5 Å². The zero-order valence-electron chi connectivity index (χ0n) is 19.3. The number of rotatable bonds is 8. The van der Waals surface area contributed by atoms with Crippen LogP contribution in [0.5, 0.6) is 0 Å². The van der Waals surface area contributed by atoms with Crippen LogP contribution < -0.4 is 5.32 Å². The van der Waals surface area contributed by atoms with E-state index in [2.05, 4.69) is 22.4 Å². The van der Waals surface area contributed by atoms with Crippen molar-refractivity contribution >= 4 is 40.9 Å². The van der Waals surface area contributed by atoms with E-state index in [1.165, 1.54) is 17.3 Å². The fraction of sp³-hybridized carbons (Fsp3) is 0.360. The third-order valence-electron chi connectivity index (χ3n) is 5.96. The van der Waals surface area contributed by atoms with Gasteiger partial charge in [0.1, 0.15) is 0 Å². The highest BCUT2D eigenvalue weighted by atomic mass is 35.5. The molecule has 0 spiro atoms. The smallest absolute Gasteiger partial charge is 0.255 e. The molecule has 1 N–H and O–H groups in total. The van der Waals surface area contributed by atoms with Crippen LogP contribution in [0.15, 0.2) is 53.7 Å². The maximum atomic E-state index is 13.2. The first-order valence-corrected chi connectivity index (χ1v) is 12.9. The minimum absolute atomic E-state index is 0.0959. The Balaban J connectivity index is 1.44. The van der Waals surface area contributed by atoms with Gasteiger partial charge in [0.25, 0.3) is 5.91 Å². The maximum absolute atomic E-state index is 13.2. The molecule has 3 aromatic rings. The van der Waals surface area contributed by atoms with Crippen molar-refractivity contribution in [1.29, 1.82) is 0 Å². The van der Waals surface area contributed by atoms with Gasteiger partial charge in [-0.15, -0.1) is 10.2 Å². The second-order valence-electron chi connectivity index (χ2n) is 8.11. The summed E-state index contributed by atoms with van der Waals surface area (Å²) in [5, 5.41) is 12.8. The fourth-order valence-corrected chi connectivity index (χ4v) is 5.20. The Morgan fingerprint density at radius 1 is 1.12 bits per heavy atom. The van der Waals surface area contributed by atoms with Crippen molar-refractivity contribution in [1.82, 2.24) is 19.7 Å². The van der Waals surface area contributed by atoms with Crippen LogP contribution in [0, 0.1) is 0 Å². The van der Waals surface area contributed by atoms with Gasteiger partial charge in [-0.1, -0.05) is 54.6 Å². The van der Waals surface area contributed by atoms with Crippen LogP contribution >= 0.6 is 23.4 Å². The fourth-order valence-electron chi connectivity index (χ4n) is 4.17. The van der Waals surface area contributed by atoms with Crippen molar-refractivity contribution in [3.05, 3.63) is 70.5 Å². The van der Waals surface area contributed by atoms with Crippen LogP contribution in [-0.2, 0) is 17.8 Å². The van der Waals surface area contributed by atoms with Gasteiger partial charge in [-0.2, -0.15) is 0 Å². The second-order valence-corrected chi connectivity index (χ2v) is 9.46. The quantitative estimate of drug-likeness (QED) is 0.431. The minimum atomic E-state index is -0.170. The molecule has 1 aliphatic rings. The number of anilines is 1. The molecular formula is C25H28ClN5O2S. The van der Waals surface area contributed by atoms with Crippen LogP contribution in [0.25, 0.3) is 0 Å². The lowest BCUT2D eigenvalue weighted by molar-refractivity contribution is -0.113. The molecule has 0 radical (unpaired) electrons. The number of benzene rings is 2. The molecular weight excluding hydrogens is 470 g/mol. The van der Waals surface area contributed by atoms with E-state index in [-0.39, 0.29) is 23.6 Å². The van der Waals surface area contributed by atoms with E-state index in [4.69, 9.17) is 11.6 Å². The number of nitrogens with one attached hydrogen (secondary N) is 1. The molecule has 0 aliphatic carbocycles. The second kappa shape index (κ2) is 11.1. The lowest BCUT2D eigenvalue weighted by Gasteiger charge is -2.25. The number of carbonyl (C=O) groups is 2. The first-order valence-electron chi connectivity index (χ1n) is 11.5. The van der Waals surface area contributed by atoms with Gasteiger partial charge >= 0.3 is 0 Å². The monoisotopic (exact) mass is 497 g/mol. The minimum Gasteiger partial charge on any atom is -0.328 e. The standard InChI is InChI=1S/C25H28ClN5O2S/c1-3-17-11-13-18(14-12-17)27-22(32)16-34-25-29-28-23(30(25)4-2)21-10-7-15-31(21)24(33)19-8-5-6-9-20(19)26/h5-6,8-9,11-14,21H,3-4,7,10,15-16H2,1-2H3,(H,27,32). The molecule has 4 rings (SSSR count). The first kappa shape index (κ1) is 24.3. The number of amides is 2. The number of hydrogen-bond donors (Lipinski definition) is 1. The van der Waals surface area contributed by atoms with Gasteiger partial charge in [0.2, 0.25) is 5.91 Å².